The van der Waals surface area contributed by atoms with E-state index in [1.54, 1.807) is 4.57 Å². The van der Waals surface area contributed by atoms with Crippen molar-refractivity contribution in [2.24, 2.45) is 0 Å². The molecule has 0 saturated carbocycles. The van der Waals surface area contributed by atoms with Crippen molar-refractivity contribution in [3.63, 3.8) is 0 Å². The minimum absolute atomic E-state index is 0.0200. The number of hydrogen-bond donors (Lipinski definition) is 2. The molecule has 0 radical (unpaired) electrons. The predicted octanol–water partition coefficient (Wildman–Crippen LogP) is 5.60. The first-order chi connectivity index (χ1) is 19.6. The zero-order valence-electron chi connectivity index (χ0n) is 22.0. The molecule has 0 aliphatic carbocycles. The highest BCUT2D eigenvalue weighted by atomic mass is 16.5. The molecule has 0 aliphatic rings. The van der Waals surface area contributed by atoms with E-state index in [2.05, 4.69) is 0 Å². The molecule has 1 atom stereocenters. The van der Waals surface area contributed by atoms with Gasteiger partial charge in [-0.1, -0.05) is 91.0 Å². The standard InChI is InChI=1S/C34H30N2O4/c37-22-27(38)21-36-32(26-14-8-3-9-15-26)19-30-29-18-28(40-23-25-12-6-2-7-13-25)16-17-31(29)35(33(30)34(36)39)20-24-10-4-1-5-11-24/h1-19,27,37-38H,20-23H2. The van der Waals surface area contributed by atoms with Crippen LogP contribution in [-0.2, 0) is 19.7 Å². The van der Waals surface area contributed by atoms with Crippen LogP contribution in [0.1, 0.15) is 11.1 Å². The highest BCUT2D eigenvalue weighted by Gasteiger charge is 2.21. The highest BCUT2D eigenvalue weighted by molar-refractivity contribution is 6.09. The van der Waals surface area contributed by atoms with Crippen molar-refractivity contribution in [3.05, 3.63) is 137 Å². The Morgan fingerprint density at radius 1 is 0.725 bits per heavy atom. The maximum absolute atomic E-state index is 14.3. The molecule has 6 rings (SSSR count). The van der Waals surface area contributed by atoms with Crippen LogP contribution in [0.2, 0.25) is 0 Å². The first kappa shape index (κ1) is 25.6. The topological polar surface area (TPSA) is 76.6 Å². The lowest BCUT2D eigenvalue weighted by Crippen LogP contribution is -2.30. The summed E-state index contributed by atoms with van der Waals surface area (Å²) in [5.74, 6) is 0.719. The van der Waals surface area contributed by atoms with E-state index in [9.17, 15) is 15.0 Å². The van der Waals surface area contributed by atoms with Crippen LogP contribution >= 0.6 is 0 Å². The number of hydrogen-bond acceptors (Lipinski definition) is 4. The van der Waals surface area contributed by atoms with E-state index in [4.69, 9.17) is 4.74 Å². The van der Waals surface area contributed by atoms with Crippen LogP contribution in [0, 0.1) is 0 Å². The second-order valence-corrected chi connectivity index (χ2v) is 9.94. The zero-order chi connectivity index (χ0) is 27.5. The zero-order valence-corrected chi connectivity index (χ0v) is 22.0. The van der Waals surface area contributed by atoms with Gasteiger partial charge in [-0.15, -0.1) is 0 Å². The highest BCUT2D eigenvalue weighted by Crippen LogP contribution is 2.34. The average molecular weight is 531 g/mol. The number of nitrogens with zero attached hydrogens (tertiary/aromatic N) is 2. The average Bonchev–Trinajstić information content (AvgIpc) is 3.31. The number of ether oxygens (including phenoxy) is 1. The Kier molecular flexibility index (Phi) is 7.19. The SMILES string of the molecule is O=c1c2c(cc(-c3ccccc3)n1CC(O)CO)c1cc(OCc3ccccc3)ccc1n2Cc1ccccc1. The third kappa shape index (κ3) is 5.02. The normalized spacial score (nSPS) is 12.2. The Bertz CT molecular complexity index is 1810. The largest absolute Gasteiger partial charge is 0.489 e. The molecular weight excluding hydrogens is 500 g/mol. The van der Waals surface area contributed by atoms with Crippen molar-refractivity contribution in [3.8, 4) is 17.0 Å². The van der Waals surface area contributed by atoms with Crippen LogP contribution in [0.5, 0.6) is 5.75 Å². The summed E-state index contributed by atoms with van der Waals surface area (Å²) >= 11 is 0. The number of aromatic nitrogens is 2. The van der Waals surface area contributed by atoms with Gasteiger partial charge in [-0.25, -0.2) is 0 Å². The first-order valence-corrected chi connectivity index (χ1v) is 13.4. The quantitative estimate of drug-likeness (QED) is 0.255. The van der Waals surface area contributed by atoms with Crippen LogP contribution < -0.4 is 10.3 Å². The lowest BCUT2D eigenvalue weighted by molar-refractivity contribution is 0.0809. The number of pyridine rings is 1. The second-order valence-electron chi connectivity index (χ2n) is 9.94. The second kappa shape index (κ2) is 11.2. The number of aliphatic hydroxyl groups is 2. The van der Waals surface area contributed by atoms with Crippen molar-refractivity contribution < 1.29 is 14.9 Å². The molecule has 0 saturated heterocycles. The molecule has 2 N–H and O–H groups in total. The van der Waals surface area contributed by atoms with E-state index in [-0.39, 0.29) is 12.1 Å². The number of fused-ring (bicyclic) bond motifs is 3. The van der Waals surface area contributed by atoms with E-state index >= 15 is 0 Å². The fourth-order valence-corrected chi connectivity index (χ4v) is 5.25. The summed E-state index contributed by atoms with van der Waals surface area (Å²) in [6.45, 7) is 0.491. The van der Waals surface area contributed by atoms with Crippen molar-refractivity contribution in [1.82, 2.24) is 9.13 Å². The molecule has 0 spiro atoms. The van der Waals surface area contributed by atoms with Crippen LogP contribution in [0.3, 0.4) is 0 Å². The fourth-order valence-electron chi connectivity index (χ4n) is 5.25. The molecule has 4 aromatic carbocycles. The minimum Gasteiger partial charge on any atom is -0.489 e. The summed E-state index contributed by atoms with van der Waals surface area (Å²) in [6, 6.07) is 37.7. The third-order valence-corrected chi connectivity index (χ3v) is 7.20. The fraction of sp³-hybridized carbons (Fsp3) is 0.147. The molecular formula is C34H30N2O4. The van der Waals surface area contributed by atoms with Crippen molar-refractivity contribution >= 4 is 21.8 Å². The van der Waals surface area contributed by atoms with Crippen molar-refractivity contribution in [2.45, 2.75) is 25.8 Å². The molecule has 0 fully saturated rings. The van der Waals surface area contributed by atoms with Crippen LogP contribution in [0.4, 0.5) is 0 Å². The Labute approximate surface area is 232 Å². The van der Waals surface area contributed by atoms with Gasteiger partial charge in [0, 0.05) is 22.8 Å². The van der Waals surface area contributed by atoms with Gasteiger partial charge < -0.3 is 24.1 Å². The number of rotatable bonds is 9. The molecule has 2 aromatic heterocycles. The maximum Gasteiger partial charge on any atom is 0.275 e. The third-order valence-electron chi connectivity index (χ3n) is 7.20. The van der Waals surface area contributed by atoms with E-state index in [1.807, 2.05) is 120 Å². The number of aliphatic hydroxyl groups excluding tert-OH is 2. The van der Waals surface area contributed by atoms with Crippen molar-refractivity contribution in [1.29, 1.82) is 0 Å². The Morgan fingerprint density at radius 3 is 2.05 bits per heavy atom. The van der Waals surface area contributed by atoms with Gasteiger partial charge in [0.05, 0.1) is 24.9 Å². The van der Waals surface area contributed by atoms with Crippen molar-refractivity contribution in [2.75, 3.05) is 6.61 Å². The number of benzene rings is 4. The molecule has 200 valence electrons. The monoisotopic (exact) mass is 530 g/mol. The van der Waals surface area contributed by atoms with Gasteiger partial charge in [0.1, 0.15) is 17.9 Å². The molecule has 1 unspecified atom stereocenters. The molecule has 0 aliphatic heterocycles. The molecule has 40 heavy (non-hydrogen) atoms. The van der Waals surface area contributed by atoms with Gasteiger partial charge >= 0.3 is 0 Å². The van der Waals surface area contributed by atoms with Gasteiger partial charge in [-0.2, -0.15) is 0 Å². The first-order valence-electron chi connectivity index (χ1n) is 13.4. The molecule has 0 amide bonds. The van der Waals surface area contributed by atoms with Gasteiger partial charge in [-0.05, 0) is 41.0 Å². The maximum atomic E-state index is 14.3. The summed E-state index contributed by atoms with van der Waals surface area (Å²) in [6.07, 6.45) is -1.07. The lowest BCUT2D eigenvalue weighted by atomic mass is 10.1. The summed E-state index contributed by atoms with van der Waals surface area (Å²) < 4.78 is 9.78. The minimum atomic E-state index is -1.07. The van der Waals surface area contributed by atoms with E-state index < -0.39 is 12.7 Å². The summed E-state index contributed by atoms with van der Waals surface area (Å²) in [7, 11) is 0. The molecule has 6 aromatic rings. The Hall–Kier alpha value is -4.65. The molecule has 6 heteroatoms. The Balaban J connectivity index is 1.58. The summed E-state index contributed by atoms with van der Waals surface area (Å²) in [5.41, 5.74) is 4.92. The van der Waals surface area contributed by atoms with Crippen LogP contribution in [-0.4, -0.2) is 32.1 Å². The van der Waals surface area contributed by atoms with Crippen LogP contribution in [0.15, 0.2) is 120 Å². The van der Waals surface area contributed by atoms with E-state index in [0.29, 0.717) is 24.4 Å². The predicted molar refractivity (Wildman–Crippen MR) is 159 cm³/mol. The Morgan fingerprint density at radius 2 is 1.38 bits per heavy atom. The lowest BCUT2D eigenvalue weighted by Gasteiger charge is -2.17. The van der Waals surface area contributed by atoms with Gasteiger partial charge in [0.15, 0.2) is 0 Å². The molecule has 2 heterocycles. The van der Waals surface area contributed by atoms with E-state index in [0.717, 1.165) is 38.7 Å². The molecule has 0 bridgehead atoms. The smallest absolute Gasteiger partial charge is 0.275 e. The summed E-state index contributed by atoms with van der Waals surface area (Å²) in [4.78, 5) is 14.3. The summed E-state index contributed by atoms with van der Waals surface area (Å²) in [5, 5.41) is 21.7. The van der Waals surface area contributed by atoms with Gasteiger partial charge in [0.2, 0.25) is 0 Å². The van der Waals surface area contributed by atoms with Crippen LogP contribution in [0.25, 0.3) is 33.1 Å². The van der Waals surface area contributed by atoms with E-state index in [1.165, 1.54) is 0 Å². The molecule has 6 nitrogen and oxygen atoms in total. The van der Waals surface area contributed by atoms with Gasteiger partial charge in [0.25, 0.3) is 5.56 Å². The van der Waals surface area contributed by atoms with Gasteiger partial charge in [-0.3, -0.25) is 4.79 Å².